The van der Waals surface area contributed by atoms with Gasteiger partial charge in [-0.25, -0.2) is 0 Å². The molecule has 4 rings (SSSR count). The largest absolute Gasteiger partial charge is 0.368 e. The highest BCUT2D eigenvalue weighted by molar-refractivity contribution is 6.31. The van der Waals surface area contributed by atoms with E-state index < -0.39 is 4.92 Å². The van der Waals surface area contributed by atoms with Crippen LogP contribution in [-0.2, 0) is 0 Å². The number of aryl methyl sites for hydroxylation is 1. The number of carbonyl (C=O) groups excluding carboxylic acids is 1. The van der Waals surface area contributed by atoms with Crippen molar-refractivity contribution < 1.29 is 9.72 Å². The molecule has 1 aromatic heterocycles. The van der Waals surface area contributed by atoms with E-state index in [2.05, 4.69) is 9.88 Å². The number of pyridine rings is 1. The number of benzene rings is 2. The number of aromatic nitrogens is 1. The van der Waals surface area contributed by atoms with Gasteiger partial charge in [-0.1, -0.05) is 17.7 Å². The third-order valence-corrected chi connectivity index (χ3v) is 5.41. The average molecular weight is 411 g/mol. The SMILES string of the molecule is Cc1nc2ccc(Cl)cc2cc1C(=O)N1CCN(c2cccc([N+](=O)[O-])c2)CC1. The number of rotatable bonds is 3. The lowest BCUT2D eigenvalue weighted by Crippen LogP contribution is -2.49. The number of fused-ring (bicyclic) bond motifs is 1. The van der Waals surface area contributed by atoms with Crippen LogP contribution in [0.25, 0.3) is 10.9 Å². The van der Waals surface area contributed by atoms with Gasteiger partial charge in [-0.15, -0.1) is 0 Å². The molecular weight excluding hydrogens is 392 g/mol. The summed E-state index contributed by atoms with van der Waals surface area (Å²) in [7, 11) is 0. The third-order valence-electron chi connectivity index (χ3n) is 5.17. The first-order valence-corrected chi connectivity index (χ1v) is 9.66. The minimum Gasteiger partial charge on any atom is -0.368 e. The maximum atomic E-state index is 13.1. The Kier molecular flexibility index (Phi) is 5.07. The molecule has 0 unspecified atom stereocenters. The Hall–Kier alpha value is -3.19. The molecule has 0 saturated carbocycles. The Morgan fingerprint density at radius 1 is 1.10 bits per heavy atom. The van der Waals surface area contributed by atoms with Gasteiger partial charge in [0.05, 0.1) is 21.7 Å². The van der Waals surface area contributed by atoms with Crippen LogP contribution in [-0.4, -0.2) is 46.9 Å². The molecule has 1 fully saturated rings. The summed E-state index contributed by atoms with van der Waals surface area (Å²) < 4.78 is 0. The fourth-order valence-corrected chi connectivity index (χ4v) is 3.78. The van der Waals surface area contributed by atoms with Crippen molar-refractivity contribution in [3.63, 3.8) is 0 Å². The van der Waals surface area contributed by atoms with E-state index in [1.54, 1.807) is 29.2 Å². The molecule has 0 spiro atoms. The predicted molar refractivity (Wildman–Crippen MR) is 113 cm³/mol. The highest BCUT2D eigenvalue weighted by Crippen LogP contribution is 2.24. The van der Waals surface area contributed by atoms with E-state index in [4.69, 9.17) is 11.6 Å². The summed E-state index contributed by atoms with van der Waals surface area (Å²) in [5.41, 5.74) is 2.93. The lowest BCUT2D eigenvalue weighted by molar-refractivity contribution is -0.384. The van der Waals surface area contributed by atoms with Gasteiger partial charge < -0.3 is 9.80 Å². The summed E-state index contributed by atoms with van der Waals surface area (Å²) in [6.07, 6.45) is 0. The third kappa shape index (κ3) is 3.86. The van der Waals surface area contributed by atoms with Crippen LogP contribution >= 0.6 is 11.6 Å². The maximum absolute atomic E-state index is 13.1. The number of anilines is 1. The second kappa shape index (κ2) is 7.67. The molecule has 1 saturated heterocycles. The molecule has 0 radical (unpaired) electrons. The van der Waals surface area contributed by atoms with Crippen LogP contribution in [0.4, 0.5) is 11.4 Å². The van der Waals surface area contributed by atoms with Crippen molar-refractivity contribution in [2.75, 3.05) is 31.1 Å². The van der Waals surface area contributed by atoms with Crippen molar-refractivity contribution in [1.29, 1.82) is 0 Å². The Bertz CT molecular complexity index is 1110. The standard InChI is InChI=1S/C21H19ClN4O3/c1-14-19(12-15-11-16(22)5-6-20(15)23-14)21(27)25-9-7-24(8-10-25)17-3-2-4-18(13-17)26(28)29/h2-6,11-13H,7-10H2,1H3. The monoisotopic (exact) mass is 410 g/mol. The maximum Gasteiger partial charge on any atom is 0.271 e. The Labute approximate surface area is 172 Å². The van der Waals surface area contributed by atoms with E-state index in [-0.39, 0.29) is 11.6 Å². The fraction of sp³-hybridized carbons (Fsp3) is 0.238. The van der Waals surface area contributed by atoms with Gasteiger partial charge in [-0.05, 0) is 37.3 Å². The molecule has 1 amide bonds. The van der Waals surface area contributed by atoms with E-state index in [1.165, 1.54) is 6.07 Å². The van der Waals surface area contributed by atoms with E-state index in [9.17, 15) is 14.9 Å². The van der Waals surface area contributed by atoms with Crippen LogP contribution in [0.5, 0.6) is 0 Å². The van der Waals surface area contributed by atoms with Gasteiger partial charge in [0.15, 0.2) is 0 Å². The number of hydrogen-bond donors (Lipinski definition) is 0. The summed E-state index contributed by atoms with van der Waals surface area (Å²) in [5, 5.41) is 12.4. The number of halogens is 1. The molecule has 2 heterocycles. The van der Waals surface area contributed by atoms with Gasteiger partial charge in [0, 0.05) is 54.4 Å². The normalized spacial score (nSPS) is 14.3. The highest BCUT2D eigenvalue weighted by atomic mass is 35.5. The Morgan fingerprint density at radius 3 is 2.59 bits per heavy atom. The van der Waals surface area contributed by atoms with Gasteiger partial charge in [-0.2, -0.15) is 0 Å². The smallest absolute Gasteiger partial charge is 0.271 e. The van der Waals surface area contributed by atoms with Crippen LogP contribution in [0.1, 0.15) is 16.1 Å². The van der Waals surface area contributed by atoms with Crippen molar-refractivity contribution in [3.8, 4) is 0 Å². The van der Waals surface area contributed by atoms with Crippen LogP contribution in [0.3, 0.4) is 0 Å². The van der Waals surface area contributed by atoms with Gasteiger partial charge >= 0.3 is 0 Å². The Morgan fingerprint density at radius 2 is 1.86 bits per heavy atom. The van der Waals surface area contributed by atoms with Gasteiger partial charge in [-0.3, -0.25) is 19.9 Å². The molecule has 7 nitrogen and oxygen atoms in total. The molecule has 8 heteroatoms. The molecule has 2 aromatic carbocycles. The molecule has 1 aliphatic rings. The van der Waals surface area contributed by atoms with Crippen molar-refractivity contribution >= 4 is 39.8 Å². The average Bonchev–Trinajstić information content (AvgIpc) is 2.73. The second-order valence-corrected chi connectivity index (χ2v) is 7.45. The first-order chi connectivity index (χ1) is 13.9. The minimum absolute atomic E-state index is 0.0597. The molecule has 0 aliphatic carbocycles. The Balaban J connectivity index is 1.51. The number of piperazine rings is 1. The summed E-state index contributed by atoms with van der Waals surface area (Å²) in [4.78, 5) is 32.1. The van der Waals surface area contributed by atoms with Crippen LogP contribution < -0.4 is 4.90 Å². The van der Waals surface area contributed by atoms with Crippen LogP contribution in [0.15, 0.2) is 48.5 Å². The fourth-order valence-electron chi connectivity index (χ4n) is 3.60. The quantitative estimate of drug-likeness (QED) is 0.480. The number of nitro groups is 1. The first kappa shape index (κ1) is 19.1. The molecular formula is C21H19ClN4O3. The van der Waals surface area contributed by atoms with Crippen molar-refractivity contribution in [2.24, 2.45) is 0 Å². The van der Waals surface area contributed by atoms with Gasteiger partial charge in [0.1, 0.15) is 0 Å². The highest BCUT2D eigenvalue weighted by Gasteiger charge is 2.24. The summed E-state index contributed by atoms with van der Waals surface area (Å²) in [6.45, 7) is 4.13. The summed E-state index contributed by atoms with van der Waals surface area (Å²) >= 11 is 6.07. The van der Waals surface area contributed by atoms with E-state index in [0.29, 0.717) is 42.5 Å². The van der Waals surface area contributed by atoms with Crippen molar-refractivity contribution in [3.05, 3.63) is 74.9 Å². The molecule has 148 valence electrons. The second-order valence-electron chi connectivity index (χ2n) is 7.01. The number of nitro benzene ring substituents is 1. The summed E-state index contributed by atoms with van der Waals surface area (Å²) in [5.74, 6) is -0.0597. The van der Waals surface area contributed by atoms with E-state index in [0.717, 1.165) is 16.6 Å². The first-order valence-electron chi connectivity index (χ1n) is 9.28. The molecule has 0 N–H and O–H groups in total. The zero-order chi connectivity index (χ0) is 20.5. The molecule has 0 atom stereocenters. The number of hydrogen-bond acceptors (Lipinski definition) is 5. The lowest BCUT2D eigenvalue weighted by Gasteiger charge is -2.36. The number of nitrogens with zero attached hydrogens (tertiary/aromatic N) is 4. The van der Waals surface area contributed by atoms with Gasteiger partial charge in [0.2, 0.25) is 0 Å². The number of non-ortho nitro benzene ring substituents is 1. The lowest BCUT2D eigenvalue weighted by atomic mass is 10.1. The number of carbonyl (C=O) groups is 1. The predicted octanol–water partition coefficient (Wildman–Crippen LogP) is 4.07. The zero-order valence-electron chi connectivity index (χ0n) is 15.8. The van der Waals surface area contributed by atoms with E-state index >= 15 is 0 Å². The topological polar surface area (TPSA) is 79.6 Å². The van der Waals surface area contributed by atoms with Crippen LogP contribution in [0, 0.1) is 17.0 Å². The van der Waals surface area contributed by atoms with E-state index in [1.807, 2.05) is 25.1 Å². The zero-order valence-corrected chi connectivity index (χ0v) is 16.6. The summed E-state index contributed by atoms with van der Waals surface area (Å²) in [6, 6.07) is 13.9. The molecule has 0 bridgehead atoms. The minimum atomic E-state index is -0.398. The molecule has 1 aliphatic heterocycles. The van der Waals surface area contributed by atoms with Crippen LogP contribution in [0.2, 0.25) is 5.02 Å². The molecule has 29 heavy (non-hydrogen) atoms. The van der Waals surface area contributed by atoms with Gasteiger partial charge in [0.25, 0.3) is 11.6 Å². The van der Waals surface area contributed by atoms with Crippen molar-refractivity contribution in [1.82, 2.24) is 9.88 Å². The number of amides is 1. The molecule has 3 aromatic rings. The van der Waals surface area contributed by atoms with Crippen molar-refractivity contribution in [2.45, 2.75) is 6.92 Å².